The van der Waals surface area contributed by atoms with Crippen molar-refractivity contribution in [2.75, 3.05) is 13.7 Å². The number of carbonyl (C=O) groups excluding carboxylic acids is 1. The van der Waals surface area contributed by atoms with Crippen molar-refractivity contribution in [1.82, 2.24) is 0 Å². The molecule has 0 atom stereocenters. The first-order valence-corrected chi connectivity index (χ1v) is 7.49. The van der Waals surface area contributed by atoms with Crippen LogP contribution in [0, 0.1) is 0 Å². The van der Waals surface area contributed by atoms with Crippen LogP contribution in [-0.4, -0.2) is 24.8 Å². The summed E-state index contributed by atoms with van der Waals surface area (Å²) in [6.45, 7) is 0.537. The molecule has 4 nitrogen and oxygen atoms in total. The Morgan fingerprint density at radius 2 is 2.09 bits per heavy atom. The van der Waals surface area contributed by atoms with Crippen LogP contribution in [-0.2, 0) is 11.3 Å². The predicted molar refractivity (Wildman–Crippen MR) is 87.3 cm³/mol. The lowest BCUT2D eigenvalue weighted by Gasteiger charge is -2.12. The first-order valence-electron chi connectivity index (χ1n) is 7.49. The Bertz CT molecular complexity index is 762. The molecular weight excluding hydrogens is 292 g/mol. The standard InChI is InChI=1S/C19H18O4/c1-22-19(21)13-8-9-18-17(11-13)16(7-4-10-20)15-6-3-2-5-14(15)12-23-18/h2-3,5-9,11,20H,4,10,12H2,1H3/b16-7-. The molecular formula is C19H18O4. The minimum absolute atomic E-state index is 0.0680. The Kier molecular flexibility index (Phi) is 4.44. The van der Waals surface area contributed by atoms with Crippen LogP contribution in [0.5, 0.6) is 5.75 Å². The van der Waals surface area contributed by atoms with Gasteiger partial charge in [-0.05, 0) is 41.3 Å². The molecule has 1 aliphatic rings. The highest BCUT2D eigenvalue weighted by molar-refractivity contribution is 5.93. The van der Waals surface area contributed by atoms with Gasteiger partial charge in [-0.1, -0.05) is 30.3 Å². The van der Waals surface area contributed by atoms with Crippen molar-refractivity contribution in [2.45, 2.75) is 13.0 Å². The Hall–Kier alpha value is -2.59. The normalized spacial score (nSPS) is 14.4. The number of ether oxygens (including phenoxy) is 2. The van der Waals surface area contributed by atoms with Crippen LogP contribution in [0.15, 0.2) is 48.5 Å². The minimum atomic E-state index is -0.383. The van der Waals surface area contributed by atoms with E-state index in [2.05, 4.69) is 0 Å². The van der Waals surface area contributed by atoms with E-state index in [1.165, 1.54) is 7.11 Å². The molecule has 0 fully saturated rings. The van der Waals surface area contributed by atoms with E-state index in [9.17, 15) is 9.90 Å². The van der Waals surface area contributed by atoms with Crippen LogP contribution in [0.2, 0.25) is 0 Å². The van der Waals surface area contributed by atoms with Gasteiger partial charge in [0.05, 0.1) is 12.7 Å². The molecule has 0 aromatic heterocycles. The van der Waals surface area contributed by atoms with Crippen molar-refractivity contribution in [3.8, 4) is 5.75 Å². The molecule has 0 saturated heterocycles. The summed E-state index contributed by atoms with van der Waals surface area (Å²) in [4.78, 5) is 11.8. The van der Waals surface area contributed by atoms with E-state index in [4.69, 9.17) is 9.47 Å². The van der Waals surface area contributed by atoms with Gasteiger partial charge in [0.25, 0.3) is 0 Å². The lowest BCUT2D eigenvalue weighted by atomic mass is 9.92. The van der Waals surface area contributed by atoms with Gasteiger partial charge in [-0.15, -0.1) is 0 Å². The number of hydrogen-bond acceptors (Lipinski definition) is 4. The molecule has 0 bridgehead atoms. The van der Waals surface area contributed by atoms with Gasteiger partial charge in [-0.2, -0.15) is 0 Å². The topological polar surface area (TPSA) is 55.8 Å². The van der Waals surface area contributed by atoms with Crippen molar-refractivity contribution in [3.63, 3.8) is 0 Å². The number of esters is 1. The quantitative estimate of drug-likeness (QED) is 0.885. The predicted octanol–water partition coefficient (Wildman–Crippen LogP) is 3.18. The van der Waals surface area contributed by atoms with E-state index < -0.39 is 0 Å². The summed E-state index contributed by atoms with van der Waals surface area (Å²) < 4.78 is 10.7. The highest BCUT2D eigenvalue weighted by Crippen LogP contribution is 2.37. The fourth-order valence-electron chi connectivity index (χ4n) is 2.75. The molecule has 118 valence electrons. The monoisotopic (exact) mass is 310 g/mol. The zero-order valence-corrected chi connectivity index (χ0v) is 12.9. The van der Waals surface area contributed by atoms with Gasteiger partial charge in [0.15, 0.2) is 0 Å². The molecule has 1 heterocycles. The lowest BCUT2D eigenvalue weighted by molar-refractivity contribution is 0.0600. The summed E-state index contributed by atoms with van der Waals surface area (Å²) in [6, 6.07) is 13.3. The maximum Gasteiger partial charge on any atom is 0.337 e. The molecule has 4 heteroatoms. The van der Waals surface area contributed by atoms with E-state index in [-0.39, 0.29) is 12.6 Å². The van der Waals surface area contributed by atoms with Crippen LogP contribution in [0.4, 0.5) is 0 Å². The summed E-state index contributed by atoms with van der Waals surface area (Å²) in [5, 5.41) is 9.19. The molecule has 0 amide bonds. The van der Waals surface area contributed by atoms with Crippen LogP contribution < -0.4 is 4.74 Å². The van der Waals surface area contributed by atoms with E-state index in [1.807, 2.05) is 30.3 Å². The largest absolute Gasteiger partial charge is 0.488 e. The summed E-state index contributed by atoms with van der Waals surface area (Å²) in [5.41, 5.74) is 4.41. The molecule has 0 unspecified atom stereocenters. The first kappa shape index (κ1) is 15.3. The number of benzene rings is 2. The highest BCUT2D eigenvalue weighted by atomic mass is 16.5. The van der Waals surface area contributed by atoms with Gasteiger partial charge in [-0.3, -0.25) is 0 Å². The molecule has 23 heavy (non-hydrogen) atoms. The Morgan fingerprint density at radius 1 is 1.26 bits per heavy atom. The molecule has 0 radical (unpaired) electrons. The van der Waals surface area contributed by atoms with Gasteiger partial charge in [0.1, 0.15) is 12.4 Å². The van der Waals surface area contributed by atoms with Crippen LogP contribution in [0.25, 0.3) is 5.57 Å². The molecule has 0 saturated carbocycles. The van der Waals surface area contributed by atoms with Crippen molar-refractivity contribution in [2.24, 2.45) is 0 Å². The van der Waals surface area contributed by atoms with E-state index in [0.717, 1.165) is 28.0 Å². The number of rotatable bonds is 3. The van der Waals surface area contributed by atoms with Gasteiger partial charge in [0, 0.05) is 12.2 Å². The second-order valence-electron chi connectivity index (χ2n) is 5.28. The van der Waals surface area contributed by atoms with Gasteiger partial charge in [-0.25, -0.2) is 4.79 Å². The molecule has 3 rings (SSSR count). The van der Waals surface area contributed by atoms with Gasteiger partial charge >= 0.3 is 5.97 Å². The Balaban J connectivity index is 2.18. The number of fused-ring (bicyclic) bond motifs is 2. The minimum Gasteiger partial charge on any atom is -0.488 e. The highest BCUT2D eigenvalue weighted by Gasteiger charge is 2.20. The Morgan fingerprint density at radius 3 is 2.87 bits per heavy atom. The van der Waals surface area contributed by atoms with Crippen LogP contribution in [0.3, 0.4) is 0 Å². The molecule has 2 aromatic carbocycles. The SMILES string of the molecule is COC(=O)c1ccc2c(c1)/C(=C\CCO)c1ccccc1CO2. The third-order valence-corrected chi connectivity index (χ3v) is 3.86. The number of methoxy groups -OCH3 is 1. The number of aliphatic hydroxyl groups is 1. The van der Waals surface area contributed by atoms with Crippen LogP contribution >= 0.6 is 0 Å². The van der Waals surface area contributed by atoms with E-state index in [0.29, 0.717) is 18.6 Å². The van der Waals surface area contributed by atoms with Crippen molar-refractivity contribution in [3.05, 3.63) is 70.8 Å². The molecule has 1 N–H and O–H groups in total. The summed E-state index contributed by atoms with van der Waals surface area (Å²) >= 11 is 0. The third-order valence-electron chi connectivity index (χ3n) is 3.86. The fraction of sp³-hybridized carbons (Fsp3) is 0.211. The first-order chi connectivity index (χ1) is 11.2. The molecule has 0 aliphatic carbocycles. The maximum atomic E-state index is 11.8. The van der Waals surface area contributed by atoms with E-state index in [1.54, 1.807) is 18.2 Å². The van der Waals surface area contributed by atoms with Crippen LogP contribution in [0.1, 0.15) is 33.5 Å². The number of hydrogen-bond donors (Lipinski definition) is 1. The second-order valence-corrected chi connectivity index (χ2v) is 5.28. The van der Waals surface area contributed by atoms with E-state index >= 15 is 0 Å². The third kappa shape index (κ3) is 2.98. The molecule has 2 aromatic rings. The van der Waals surface area contributed by atoms with Gasteiger partial charge in [0.2, 0.25) is 0 Å². The summed E-state index contributed by atoms with van der Waals surface area (Å²) in [6.07, 6.45) is 2.51. The molecule has 1 aliphatic heterocycles. The smallest absolute Gasteiger partial charge is 0.337 e. The van der Waals surface area contributed by atoms with Gasteiger partial charge < -0.3 is 14.6 Å². The lowest BCUT2D eigenvalue weighted by Crippen LogP contribution is -2.02. The maximum absolute atomic E-state index is 11.8. The number of aliphatic hydroxyl groups excluding tert-OH is 1. The van der Waals surface area contributed by atoms with Crippen molar-refractivity contribution < 1.29 is 19.4 Å². The zero-order chi connectivity index (χ0) is 16.2. The zero-order valence-electron chi connectivity index (χ0n) is 12.9. The second kappa shape index (κ2) is 6.67. The number of carbonyl (C=O) groups is 1. The molecule has 0 spiro atoms. The Labute approximate surface area is 135 Å². The average Bonchev–Trinajstić information content (AvgIpc) is 2.75. The summed E-state index contributed by atoms with van der Waals surface area (Å²) in [7, 11) is 1.36. The fourth-order valence-corrected chi connectivity index (χ4v) is 2.75. The average molecular weight is 310 g/mol. The summed E-state index contributed by atoms with van der Waals surface area (Å²) in [5.74, 6) is 0.338. The van der Waals surface area contributed by atoms with Crippen molar-refractivity contribution >= 4 is 11.5 Å². The van der Waals surface area contributed by atoms with Crippen molar-refractivity contribution in [1.29, 1.82) is 0 Å².